The molecule has 0 aliphatic rings. The largest absolute Gasteiger partial charge is 0.256 e. The number of hydrogen-bond acceptors (Lipinski definition) is 0. The second-order valence-corrected chi connectivity index (χ2v) is 10.2. The molecular weight excluding hydrogens is 388 g/mol. The molecule has 0 aliphatic carbocycles. The molecule has 0 saturated carbocycles. The maximum Gasteiger partial charge on any atom is 0.256 e. The molecule has 0 fully saturated rings. The second-order valence-electron chi connectivity index (χ2n) is 10.2. The van der Waals surface area contributed by atoms with Crippen molar-refractivity contribution in [3.8, 4) is 0 Å². The number of unbranched alkanes of at least 4 members (excludes halogenated alkanes) is 18. The summed E-state index contributed by atoms with van der Waals surface area (Å²) in [4.78, 5) is 0. The monoisotopic (exact) mass is 447 g/mol. The van der Waals surface area contributed by atoms with Gasteiger partial charge in [-0.05, 0) is 32.1 Å². The summed E-state index contributed by atoms with van der Waals surface area (Å²) in [7, 11) is 0. The Hall–Kier alpha value is -0.790. The van der Waals surface area contributed by atoms with Crippen LogP contribution in [0.4, 0.5) is 0 Å². The van der Waals surface area contributed by atoms with E-state index in [2.05, 4.69) is 42.3 Å². The standard InChI is InChI=1S/C30H59N2/c1-4-7-10-13-15-16-17-19-21-24-27-32-29-28-31(26-23-12-9-6-3)30(32)25-22-20-18-14-11-8-5-2/h28-29H,4-27H2,1-3H3/q+1. The molecule has 1 rings (SSSR count). The summed E-state index contributed by atoms with van der Waals surface area (Å²) in [5, 5.41) is 0. The zero-order valence-corrected chi connectivity index (χ0v) is 22.5. The molecule has 188 valence electrons. The number of hydrogen-bond donors (Lipinski definition) is 0. The number of imidazole rings is 1. The molecule has 1 heterocycles. The van der Waals surface area contributed by atoms with Crippen molar-refractivity contribution in [2.45, 2.75) is 175 Å². The highest BCUT2D eigenvalue weighted by Gasteiger charge is 2.16. The van der Waals surface area contributed by atoms with E-state index < -0.39 is 0 Å². The van der Waals surface area contributed by atoms with Crippen LogP contribution in [0.25, 0.3) is 0 Å². The lowest BCUT2D eigenvalue weighted by atomic mass is 10.1. The van der Waals surface area contributed by atoms with E-state index in [0.29, 0.717) is 0 Å². The first-order chi connectivity index (χ1) is 15.8. The van der Waals surface area contributed by atoms with Crippen molar-refractivity contribution in [1.29, 1.82) is 0 Å². The molecule has 0 atom stereocenters. The van der Waals surface area contributed by atoms with Crippen LogP contribution >= 0.6 is 0 Å². The maximum absolute atomic E-state index is 2.60. The van der Waals surface area contributed by atoms with Crippen LogP contribution in [0.5, 0.6) is 0 Å². The molecule has 2 nitrogen and oxygen atoms in total. The van der Waals surface area contributed by atoms with Crippen molar-refractivity contribution in [1.82, 2.24) is 4.57 Å². The van der Waals surface area contributed by atoms with E-state index in [1.165, 1.54) is 154 Å². The molecule has 0 radical (unpaired) electrons. The zero-order valence-electron chi connectivity index (χ0n) is 22.5. The minimum absolute atomic E-state index is 1.22. The molecule has 1 aromatic heterocycles. The third kappa shape index (κ3) is 15.1. The molecule has 0 amide bonds. The molecule has 0 N–H and O–H groups in total. The third-order valence-corrected chi connectivity index (χ3v) is 7.10. The normalized spacial score (nSPS) is 11.5. The van der Waals surface area contributed by atoms with Gasteiger partial charge in [-0.25, -0.2) is 9.13 Å². The van der Waals surface area contributed by atoms with Gasteiger partial charge >= 0.3 is 0 Å². The van der Waals surface area contributed by atoms with Gasteiger partial charge in [-0.15, -0.1) is 0 Å². The average molecular weight is 448 g/mol. The summed E-state index contributed by atoms with van der Waals surface area (Å²) < 4.78 is 5.19. The minimum Gasteiger partial charge on any atom is -0.234 e. The van der Waals surface area contributed by atoms with Gasteiger partial charge in [0.15, 0.2) is 0 Å². The highest BCUT2D eigenvalue weighted by atomic mass is 15.1. The molecule has 0 unspecified atom stereocenters. The minimum atomic E-state index is 1.22. The lowest BCUT2D eigenvalue weighted by Crippen LogP contribution is -2.37. The van der Waals surface area contributed by atoms with Crippen LogP contribution in [0.15, 0.2) is 12.4 Å². The topological polar surface area (TPSA) is 8.81 Å². The van der Waals surface area contributed by atoms with E-state index in [-0.39, 0.29) is 0 Å². The fourth-order valence-corrected chi connectivity index (χ4v) is 4.91. The zero-order chi connectivity index (χ0) is 23.1. The molecule has 1 aromatic rings. The van der Waals surface area contributed by atoms with Gasteiger partial charge in [0.2, 0.25) is 0 Å². The summed E-state index contributed by atoms with van der Waals surface area (Å²) >= 11 is 0. The van der Waals surface area contributed by atoms with Crippen LogP contribution in [-0.4, -0.2) is 4.57 Å². The summed E-state index contributed by atoms with van der Waals surface area (Å²) in [5.41, 5.74) is 0. The van der Waals surface area contributed by atoms with Gasteiger partial charge in [0.25, 0.3) is 5.82 Å². The van der Waals surface area contributed by atoms with Gasteiger partial charge in [-0.1, -0.05) is 124 Å². The van der Waals surface area contributed by atoms with E-state index in [1.54, 1.807) is 5.82 Å². The van der Waals surface area contributed by atoms with E-state index in [4.69, 9.17) is 0 Å². The van der Waals surface area contributed by atoms with Gasteiger partial charge in [0, 0.05) is 6.42 Å². The summed E-state index contributed by atoms with van der Waals surface area (Å²) in [5.74, 6) is 1.60. The Balaban J connectivity index is 2.32. The Kier molecular flexibility index (Phi) is 20.1. The van der Waals surface area contributed by atoms with Gasteiger partial charge < -0.3 is 0 Å². The number of aryl methyl sites for hydroxylation is 2. The van der Waals surface area contributed by atoms with E-state index in [9.17, 15) is 0 Å². The van der Waals surface area contributed by atoms with E-state index >= 15 is 0 Å². The molecular formula is C30H59N2+. The molecule has 32 heavy (non-hydrogen) atoms. The third-order valence-electron chi connectivity index (χ3n) is 7.10. The lowest BCUT2D eigenvalue weighted by Gasteiger charge is -2.07. The summed E-state index contributed by atoms with van der Waals surface area (Å²) in [6.45, 7) is 9.37. The van der Waals surface area contributed by atoms with Crippen molar-refractivity contribution in [3.63, 3.8) is 0 Å². The summed E-state index contributed by atoms with van der Waals surface area (Å²) in [6, 6.07) is 0. The molecule has 2 heteroatoms. The Labute approximate surface area is 202 Å². The highest BCUT2D eigenvalue weighted by Crippen LogP contribution is 2.13. The van der Waals surface area contributed by atoms with Crippen molar-refractivity contribution in [3.05, 3.63) is 18.2 Å². The van der Waals surface area contributed by atoms with Crippen LogP contribution < -0.4 is 4.57 Å². The smallest absolute Gasteiger partial charge is 0.234 e. The Morgan fingerprint density at radius 2 is 0.969 bits per heavy atom. The van der Waals surface area contributed by atoms with Crippen LogP contribution in [0.3, 0.4) is 0 Å². The Morgan fingerprint density at radius 1 is 0.531 bits per heavy atom. The average Bonchev–Trinajstić information content (AvgIpc) is 3.19. The van der Waals surface area contributed by atoms with Crippen molar-refractivity contribution < 1.29 is 4.57 Å². The first-order valence-electron chi connectivity index (χ1n) is 14.9. The molecule has 0 aromatic carbocycles. The van der Waals surface area contributed by atoms with Gasteiger partial charge in [-0.3, -0.25) is 0 Å². The predicted molar refractivity (Wildman–Crippen MR) is 142 cm³/mol. The van der Waals surface area contributed by atoms with Crippen molar-refractivity contribution in [2.24, 2.45) is 0 Å². The summed E-state index contributed by atoms with van der Waals surface area (Å²) in [6.07, 6.45) is 35.5. The van der Waals surface area contributed by atoms with Crippen molar-refractivity contribution in [2.75, 3.05) is 0 Å². The van der Waals surface area contributed by atoms with Crippen LogP contribution in [-0.2, 0) is 19.5 Å². The SMILES string of the molecule is CCCCCCCCCCCC[n+]1ccn(CCCCCC)c1CCCCCCCCC. The lowest BCUT2D eigenvalue weighted by molar-refractivity contribution is -0.704. The Morgan fingerprint density at radius 3 is 1.50 bits per heavy atom. The van der Waals surface area contributed by atoms with Gasteiger partial charge in [0.05, 0.1) is 13.1 Å². The molecule has 0 aliphatic heterocycles. The molecule has 0 spiro atoms. The fraction of sp³-hybridized carbons (Fsp3) is 0.900. The maximum atomic E-state index is 2.60. The van der Waals surface area contributed by atoms with Gasteiger partial charge in [-0.2, -0.15) is 0 Å². The van der Waals surface area contributed by atoms with E-state index in [1.807, 2.05) is 0 Å². The first kappa shape index (κ1) is 29.2. The van der Waals surface area contributed by atoms with E-state index in [0.717, 1.165) is 0 Å². The van der Waals surface area contributed by atoms with Gasteiger partial charge in [0.1, 0.15) is 12.4 Å². The number of aromatic nitrogens is 2. The second kappa shape index (κ2) is 22.0. The number of rotatable bonds is 24. The fourth-order valence-electron chi connectivity index (χ4n) is 4.91. The highest BCUT2D eigenvalue weighted by molar-refractivity contribution is 4.84. The van der Waals surface area contributed by atoms with Crippen LogP contribution in [0.2, 0.25) is 0 Å². The molecule has 0 bridgehead atoms. The first-order valence-corrected chi connectivity index (χ1v) is 14.9. The quantitative estimate of drug-likeness (QED) is 0.110. The van der Waals surface area contributed by atoms with Crippen molar-refractivity contribution >= 4 is 0 Å². The van der Waals surface area contributed by atoms with Crippen LogP contribution in [0, 0.1) is 0 Å². The molecule has 0 saturated heterocycles. The Bertz CT molecular complexity index is 505. The predicted octanol–water partition coefficient (Wildman–Crippen LogP) is 9.57. The van der Waals surface area contributed by atoms with Crippen LogP contribution in [0.1, 0.15) is 161 Å². The number of nitrogens with zero attached hydrogens (tertiary/aromatic N) is 2.